The molecule has 0 saturated heterocycles. The summed E-state index contributed by atoms with van der Waals surface area (Å²) < 4.78 is 0. The van der Waals surface area contributed by atoms with Crippen molar-refractivity contribution in [3.63, 3.8) is 0 Å². The number of carbonyl (C=O) groups is 1. The lowest BCUT2D eigenvalue weighted by molar-refractivity contribution is -0.136. The Morgan fingerprint density at radius 2 is 2.06 bits per heavy atom. The SMILES string of the molecule is Cc1ccccc1N(CCC(=O)O)CC(C)CO. The lowest BCUT2D eigenvalue weighted by Crippen LogP contribution is -2.32. The number of nitrogens with zero attached hydrogens (tertiary/aromatic N) is 1. The van der Waals surface area contributed by atoms with E-state index < -0.39 is 5.97 Å². The third kappa shape index (κ3) is 4.37. The Labute approximate surface area is 108 Å². The van der Waals surface area contributed by atoms with E-state index in [0.717, 1.165) is 11.3 Å². The number of carboxylic acid groups (broad SMARTS) is 1. The second-order valence-electron chi connectivity index (χ2n) is 4.66. The quantitative estimate of drug-likeness (QED) is 0.777. The summed E-state index contributed by atoms with van der Waals surface area (Å²) in [4.78, 5) is 12.7. The molecule has 100 valence electrons. The molecule has 0 amide bonds. The zero-order valence-corrected chi connectivity index (χ0v) is 11.0. The maximum Gasteiger partial charge on any atom is 0.305 e. The van der Waals surface area contributed by atoms with E-state index >= 15 is 0 Å². The summed E-state index contributed by atoms with van der Waals surface area (Å²) in [5.41, 5.74) is 2.16. The number of aliphatic hydroxyl groups excluding tert-OH is 1. The Morgan fingerprint density at radius 3 is 2.61 bits per heavy atom. The molecule has 0 radical (unpaired) electrons. The van der Waals surface area contributed by atoms with E-state index in [1.807, 2.05) is 43.0 Å². The van der Waals surface area contributed by atoms with Crippen LogP contribution in [0.2, 0.25) is 0 Å². The average Bonchev–Trinajstić information content (AvgIpc) is 2.34. The zero-order chi connectivity index (χ0) is 13.5. The van der Waals surface area contributed by atoms with Gasteiger partial charge >= 0.3 is 5.97 Å². The molecule has 4 nitrogen and oxygen atoms in total. The smallest absolute Gasteiger partial charge is 0.305 e. The molecule has 0 aliphatic carbocycles. The van der Waals surface area contributed by atoms with Gasteiger partial charge in [0, 0.05) is 25.4 Å². The summed E-state index contributed by atoms with van der Waals surface area (Å²) in [5.74, 6) is -0.677. The molecule has 0 aliphatic rings. The Kier molecular flexibility index (Phi) is 5.65. The van der Waals surface area contributed by atoms with Gasteiger partial charge in [0.15, 0.2) is 0 Å². The molecule has 4 heteroatoms. The van der Waals surface area contributed by atoms with Crippen molar-refractivity contribution >= 4 is 11.7 Å². The first kappa shape index (κ1) is 14.5. The number of anilines is 1. The van der Waals surface area contributed by atoms with Gasteiger partial charge in [0.1, 0.15) is 0 Å². The van der Waals surface area contributed by atoms with Gasteiger partial charge in [-0.2, -0.15) is 0 Å². The molecule has 18 heavy (non-hydrogen) atoms. The predicted molar refractivity (Wildman–Crippen MR) is 71.9 cm³/mol. The van der Waals surface area contributed by atoms with E-state index in [9.17, 15) is 4.79 Å². The Hall–Kier alpha value is -1.55. The number of carboxylic acids is 1. The van der Waals surface area contributed by atoms with E-state index in [1.165, 1.54) is 0 Å². The largest absolute Gasteiger partial charge is 0.481 e. The van der Waals surface area contributed by atoms with Crippen LogP contribution < -0.4 is 4.90 Å². The molecule has 0 aromatic heterocycles. The molecule has 0 saturated carbocycles. The van der Waals surface area contributed by atoms with Crippen LogP contribution >= 0.6 is 0 Å². The fraction of sp³-hybridized carbons (Fsp3) is 0.500. The zero-order valence-electron chi connectivity index (χ0n) is 11.0. The number of aryl methyl sites for hydroxylation is 1. The molecule has 1 atom stereocenters. The third-order valence-corrected chi connectivity index (χ3v) is 2.90. The van der Waals surface area contributed by atoms with Crippen LogP contribution in [0.25, 0.3) is 0 Å². The first-order chi connectivity index (χ1) is 8.54. The van der Waals surface area contributed by atoms with Crippen LogP contribution in [0.3, 0.4) is 0 Å². The molecule has 1 aromatic carbocycles. The van der Waals surface area contributed by atoms with Gasteiger partial charge in [0.25, 0.3) is 0 Å². The van der Waals surface area contributed by atoms with E-state index in [2.05, 4.69) is 0 Å². The van der Waals surface area contributed by atoms with Crippen LogP contribution in [-0.2, 0) is 4.79 Å². The highest BCUT2D eigenvalue weighted by Gasteiger charge is 2.13. The third-order valence-electron chi connectivity index (χ3n) is 2.90. The van der Waals surface area contributed by atoms with E-state index in [4.69, 9.17) is 10.2 Å². The monoisotopic (exact) mass is 251 g/mol. The second-order valence-corrected chi connectivity index (χ2v) is 4.66. The highest BCUT2D eigenvalue weighted by atomic mass is 16.4. The van der Waals surface area contributed by atoms with Crippen molar-refractivity contribution in [1.82, 2.24) is 0 Å². The summed E-state index contributed by atoms with van der Waals surface area (Å²) >= 11 is 0. The standard InChI is InChI=1S/C14H21NO3/c1-11(10-16)9-15(8-7-14(17)18)13-6-4-3-5-12(13)2/h3-6,11,16H,7-10H2,1-2H3,(H,17,18). The Bertz CT molecular complexity index is 392. The minimum absolute atomic E-state index is 0.104. The maximum atomic E-state index is 10.7. The Morgan fingerprint density at radius 1 is 1.39 bits per heavy atom. The summed E-state index contributed by atoms with van der Waals surface area (Å²) in [7, 11) is 0. The molecule has 1 aromatic rings. The number of aliphatic hydroxyl groups is 1. The summed E-state index contributed by atoms with van der Waals surface area (Å²) in [6.07, 6.45) is 0.104. The first-order valence-corrected chi connectivity index (χ1v) is 6.17. The van der Waals surface area contributed by atoms with Crippen LogP contribution in [0.15, 0.2) is 24.3 Å². The van der Waals surface area contributed by atoms with Crippen molar-refractivity contribution in [1.29, 1.82) is 0 Å². The van der Waals surface area contributed by atoms with Crippen molar-refractivity contribution in [3.8, 4) is 0 Å². The molecule has 0 aliphatic heterocycles. The minimum atomic E-state index is -0.801. The van der Waals surface area contributed by atoms with Gasteiger partial charge in [-0.1, -0.05) is 25.1 Å². The van der Waals surface area contributed by atoms with Gasteiger partial charge in [-0.3, -0.25) is 4.79 Å². The van der Waals surface area contributed by atoms with Crippen LogP contribution in [0.4, 0.5) is 5.69 Å². The molecule has 1 unspecified atom stereocenters. The number of benzene rings is 1. The molecular weight excluding hydrogens is 230 g/mol. The number of rotatable bonds is 7. The normalized spacial score (nSPS) is 12.2. The van der Waals surface area contributed by atoms with Crippen LogP contribution in [0, 0.1) is 12.8 Å². The van der Waals surface area contributed by atoms with Gasteiger partial charge in [-0.25, -0.2) is 0 Å². The Balaban J connectivity index is 2.82. The molecule has 0 heterocycles. The predicted octanol–water partition coefficient (Wildman–Crippen LogP) is 1.90. The van der Waals surface area contributed by atoms with E-state index in [1.54, 1.807) is 0 Å². The van der Waals surface area contributed by atoms with Crippen LogP contribution in [0.1, 0.15) is 18.9 Å². The summed E-state index contributed by atoms with van der Waals surface area (Å²) in [6.45, 7) is 5.19. The second kappa shape index (κ2) is 7.01. The van der Waals surface area contributed by atoms with Crippen molar-refractivity contribution in [2.75, 3.05) is 24.6 Å². The van der Waals surface area contributed by atoms with Gasteiger partial charge in [-0.05, 0) is 24.5 Å². The van der Waals surface area contributed by atoms with Gasteiger partial charge in [0.05, 0.1) is 6.42 Å². The fourth-order valence-electron chi connectivity index (χ4n) is 1.89. The van der Waals surface area contributed by atoms with Crippen LogP contribution in [0.5, 0.6) is 0 Å². The maximum absolute atomic E-state index is 10.7. The van der Waals surface area contributed by atoms with E-state index in [-0.39, 0.29) is 18.9 Å². The number of para-hydroxylation sites is 1. The van der Waals surface area contributed by atoms with Gasteiger partial charge in [-0.15, -0.1) is 0 Å². The molecule has 0 spiro atoms. The fourth-order valence-corrected chi connectivity index (χ4v) is 1.89. The van der Waals surface area contributed by atoms with E-state index in [0.29, 0.717) is 13.1 Å². The van der Waals surface area contributed by atoms with Gasteiger partial charge in [0.2, 0.25) is 0 Å². The molecule has 2 N–H and O–H groups in total. The lowest BCUT2D eigenvalue weighted by Gasteiger charge is -2.28. The number of hydrogen-bond donors (Lipinski definition) is 2. The highest BCUT2D eigenvalue weighted by Crippen LogP contribution is 2.20. The molecule has 0 bridgehead atoms. The molecule has 0 fully saturated rings. The topological polar surface area (TPSA) is 60.8 Å². The summed E-state index contributed by atoms with van der Waals surface area (Å²) in [6, 6.07) is 7.90. The van der Waals surface area contributed by atoms with Crippen molar-refractivity contribution < 1.29 is 15.0 Å². The summed E-state index contributed by atoms with van der Waals surface area (Å²) in [5, 5.41) is 17.9. The average molecular weight is 251 g/mol. The highest BCUT2D eigenvalue weighted by molar-refractivity contribution is 5.68. The number of hydrogen-bond acceptors (Lipinski definition) is 3. The van der Waals surface area contributed by atoms with Crippen molar-refractivity contribution in [2.45, 2.75) is 20.3 Å². The molecular formula is C14H21NO3. The molecule has 1 rings (SSSR count). The van der Waals surface area contributed by atoms with Crippen molar-refractivity contribution in [2.24, 2.45) is 5.92 Å². The lowest BCUT2D eigenvalue weighted by atomic mass is 10.1. The first-order valence-electron chi connectivity index (χ1n) is 6.17. The number of aliphatic carboxylic acids is 1. The van der Waals surface area contributed by atoms with Crippen LogP contribution in [-0.4, -0.2) is 35.9 Å². The van der Waals surface area contributed by atoms with Gasteiger partial charge < -0.3 is 15.1 Å². The minimum Gasteiger partial charge on any atom is -0.481 e. The van der Waals surface area contributed by atoms with Crippen molar-refractivity contribution in [3.05, 3.63) is 29.8 Å².